The third-order valence-electron chi connectivity index (χ3n) is 12.6. The molecule has 0 radical (unpaired) electrons. The maximum absolute atomic E-state index is 2.43. The maximum Gasteiger partial charge on any atom is 0.242 e. The second kappa shape index (κ2) is 16.2. The van der Waals surface area contributed by atoms with Crippen LogP contribution < -0.4 is 16.4 Å². The lowest BCUT2D eigenvalue weighted by atomic mass is 9.34. The van der Waals surface area contributed by atoms with E-state index >= 15 is 0 Å². The van der Waals surface area contributed by atoms with Crippen molar-refractivity contribution < 1.29 is 0 Å². The SMILES string of the molecule is CCn1c2ccccc2c2cc(C(=C(c3ccccc3)c3ccccc3)c3ccc(-c4ccc(B(c5c(C)cc(C)cc5C)c5c(C)cc(C)cc5C)cc4)cc3)ccc21. The van der Waals surface area contributed by atoms with Gasteiger partial charge in [-0.25, -0.2) is 0 Å². The molecule has 0 saturated heterocycles. The van der Waals surface area contributed by atoms with Crippen molar-refractivity contribution in [1.82, 2.24) is 4.57 Å². The zero-order valence-corrected chi connectivity index (χ0v) is 36.0. The van der Waals surface area contributed by atoms with E-state index in [9.17, 15) is 0 Å². The van der Waals surface area contributed by atoms with Crippen LogP contribution in [0.3, 0.4) is 0 Å². The molecule has 1 nitrogen and oxygen atoms in total. The van der Waals surface area contributed by atoms with Gasteiger partial charge < -0.3 is 4.57 Å². The lowest BCUT2D eigenvalue weighted by Gasteiger charge is -2.24. The van der Waals surface area contributed by atoms with Gasteiger partial charge in [0.1, 0.15) is 0 Å². The predicted molar refractivity (Wildman–Crippen MR) is 261 cm³/mol. The van der Waals surface area contributed by atoms with Crippen LogP contribution in [0.25, 0.3) is 44.1 Å². The van der Waals surface area contributed by atoms with Crippen LogP contribution >= 0.6 is 0 Å². The zero-order chi connectivity index (χ0) is 41.5. The second-order valence-corrected chi connectivity index (χ2v) is 16.7. The number of aryl methyl sites for hydroxylation is 7. The van der Waals surface area contributed by atoms with Crippen molar-refractivity contribution >= 4 is 56.1 Å². The van der Waals surface area contributed by atoms with Crippen molar-refractivity contribution in [2.45, 2.75) is 55.0 Å². The van der Waals surface area contributed by atoms with Gasteiger partial charge in [0.2, 0.25) is 6.71 Å². The predicted octanol–water partition coefficient (Wildman–Crippen LogP) is 12.9. The largest absolute Gasteiger partial charge is 0.341 e. The van der Waals surface area contributed by atoms with Crippen LogP contribution in [0.2, 0.25) is 0 Å². The minimum Gasteiger partial charge on any atom is -0.341 e. The van der Waals surface area contributed by atoms with E-state index in [2.05, 4.69) is 229 Å². The van der Waals surface area contributed by atoms with Crippen molar-refractivity contribution in [1.29, 1.82) is 0 Å². The molecular formula is C58H52BN. The molecule has 0 fully saturated rings. The van der Waals surface area contributed by atoms with Crippen molar-refractivity contribution in [2.75, 3.05) is 0 Å². The Kier molecular flexibility index (Phi) is 10.5. The fourth-order valence-corrected chi connectivity index (χ4v) is 10.1. The fraction of sp³-hybridized carbons (Fsp3) is 0.138. The minimum absolute atomic E-state index is 0.147. The highest BCUT2D eigenvalue weighted by molar-refractivity contribution is 6.96. The van der Waals surface area contributed by atoms with Crippen molar-refractivity contribution in [3.05, 3.63) is 232 Å². The Balaban J connectivity index is 1.18. The van der Waals surface area contributed by atoms with Gasteiger partial charge in [0.05, 0.1) is 0 Å². The first-order valence-corrected chi connectivity index (χ1v) is 21.4. The third kappa shape index (κ3) is 7.11. The molecule has 9 aromatic rings. The summed E-state index contributed by atoms with van der Waals surface area (Å²) in [7, 11) is 0. The Morgan fingerprint density at radius 1 is 0.400 bits per heavy atom. The summed E-state index contributed by atoms with van der Waals surface area (Å²) < 4.78 is 2.43. The van der Waals surface area contributed by atoms with Crippen LogP contribution in [0.1, 0.15) is 62.6 Å². The molecule has 8 aromatic carbocycles. The van der Waals surface area contributed by atoms with Crippen LogP contribution in [0.4, 0.5) is 0 Å². The minimum atomic E-state index is 0.147. The molecule has 0 saturated carbocycles. The topological polar surface area (TPSA) is 4.93 Å². The summed E-state index contributed by atoms with van der Waals surface area (Å²) in [5.41, 5.74) is 24.4. The van der Waals surface area contributed by atoms with Crippen LogP contribution in [0.15, 0.2) is 176 Å². The Labute approximate surface area is 356 Å². The molecule has 1 aromatic heterocycles. The van der Waals surface area contributed by atoms with Crippen LogP contribution in [-0.4, -0.2) is 11.3 Å². The molecule has 292 valence electrons. The summed E-state index contributed by atoms with van der Waals surface area (Å²) in [6, 6.07) is 65.6. The molecule has 0 aliphatic rings. The first kappa shape index (κ1) is 38.9. The highest BCUT2D eigenvalue weighted by Gasteiger charge is 2.28. The molecule has 2 heteroatoms. The molecule has 0 N–H and O–H groups in total. The summed E-state index contributed by atoms with van der Waals surface area (Å²) in [5.74, 6) is 0. The molecule has 0 atom stereocenters. The monoisotopic (exact) mass is 773 g/mol. The van der Waals surface area contributed by atoms with Gasteiger partial charge >= 0.3 is 0 Å². The van der Waals surface area contributed by atoms with E-state index in [1.165, 1.54) is 116 Å². The summed E-state index contributed by atoms with van der Waals surface area (Å²) in [6.45, 7) is 16.8. The van der Waals surface area contributed by atoms with E-state index in [-0.39, 0.29) is 6.71 Å². The molecule has 1 heterocycles. The Bertz CT molecular complexity index is 2890. The van der Waals surface area contributed by atoms with E-state index in [4.69, 9.17) is 0 Å². The van der Waals surface area contributed by atoms with Gasteiger partial charge in [-0.15, -0.1) is 0 Å². The van der Waals surface area contributed by atoms with E-state index in [0.29, 0.717) is 0 Å². The Hall–Kier alpha value is -6.64. The third-order valence-corrected chi connectivity index (χ3v) is 12.6. The van der Waals surface area contributed by atoms with E-state index in [0.717, 1.165) is 6.54 Å². The average Bonchev–Trinajstić information content (AvgIpc) is 3.58. The van der Waals surface area contributed by atoms with E-state index < -0.39 is 0 Å². The number of benzene rings is 8. The molecule has 0 amide bonds. The van der Waals surface area contributed by atoms with Crippen molar-refractivity contribution in [2.24, 2.45) is 0 Å². The molecule has 0 aliphatic heterocycles. The fourth-order valence-electron chi connectivity index (χ4n) is 10.1. The van der Waals surface area contributed by atoms with E-state index in [1.807, 2.05) is 0 Å². The molecule has 0 unspecified atom stereocenters. The van der Waals surface area contributed by atoms with Gasteiger partial charge in [-0.2, -0.15) is 0 Å². The van der Waals surface area contributed by atoms with Crippen molar-refractivity contribution in [3.63, 3.8) is 0 Å². The summed E-state index contributed by atoms with van der Waals surface area (Å²) >= 11 is 0. The number of para-hydroxylation sites is 1. The number of hydrogen-bond acceptors (Lipinski definition) is 0. The molecule has 60 heavy (non-hydrogen) atoms. The van der Waals surface area contributed by atoms with Gasteiger partial charge in [0.25, 0.3) is 0 Å². The number of rotatable bonds is 9. The molecule has 9 rings (SSSR count). The summed E-state index contributed by atoms with van der Waals surface area (Å²) in [4.78, 5) is 0. The van der Waals surface area contributed by atoms with Crippen LogP contribution in [0.5, 0.6) is 0 Å². The maximum atomic E-state index is 2.43. The molecule has 0 aliphatic carbocycles. The van der Waals surface area contributed by atoms with Gasteiger partial charge in [0.15, 0.2) is 0 Å². The first-order chi connectivity index (χ1) is 29.2. The summed E-state index contributed by atoms with van der Waals surface area (Å²) in [5, 5.41) is 2.57. The lowest BCUT2D eigenvalue weighted by molar-refractivity contribution is 0.827. The van der Waals surface area contributed by atoms with Crippen LogP contribution in [-0.2, 0) is 6.54 Å². The van der Waals surface area contributed by atoms with Gasteiger partial charge in [-0.05, 0) is 111 Å². The Morgan fingerprint density at radius 2 is 0.817 bits per heavy atom. The second-order valence-electron chi connectivity index (χ2n) is 16.7. The van der Waals surface area contributed by atoms with Gasteiger partial charge in [-0.3, -0.25) is 0 Å². The van der Waals surface area contributed by atoms with Gasteiger partial charge in [0, 0.05) is 28.4 Å². The standard InChI is InChI=1S/C58H52BN/c1-8-60-53-22-16-15-21-51(53)52-37-49(29-32-54(52)60)56(55(46-17-11-9-12-18-46)47-19-13-10-14-20-47)48-25-23-44(24-26-48)45-27-30-50(31-28-45)59(57-40(4)33-38(2)34-41(57)5)58-42(6)35-39(3)36-43(58)7/h9-37H,8H2,1-7H3. The normalized spacial score (nSPS) is 11.3. The highest BCUT2D eigenvalue weighted by atomic mass is 15.0. The highest BCUT2D eigenvalue weighted by Crippen LogP contribution is 2.40. The average molecular weight is 774 g/mol. The van der Waals surface area contributed by atoms with Crippen LogP contribution in [0, 0.1) is 41.5 Å². The summed E-state index contributed by atoms with van der Waals surface area (Å²) in [6.07, 6.45) is 0. The van der Waals surface area contributed by atoms with E-state index in [1.54, 1.807) is 0 Å². The number of hydrogen-bond donors (Lipinski definition) is 0. The Morgan fingerprint density at radius 3 is 1.33 bits per heavy atom. The molecule has 0 bridgehead atoms. The first-order valence-electron chi connectivity index (χ1n) is 21.4. The van der Waals surface area contributed by atoms with Crippen molar-refractivity contribution in [3.8, 4) is 11.1 Å². The molecular weight excluding hydrogens is 721 g/mol. The lowest BCUT2D eigenvalue weighted by Crippen LogP contribution is -2.55. The number of fused-ring (bicyclic) bond motifs is 3. The number of aromatic nitrogens is 1. The quantitative estimate of drug-likeness (QED) is 0.102. The number of nitrogens with zero attached hydrogens (tertiary/aromatic N) is 1. The smallest absolute Gasteiger partial charge is 0.242 e. The zero-order valence-electron chi connectivity index (χ0n) is 36.0. The molecule has 0 spiro atoms. The van der Waals surface area contributed by atoms with Gasteiger partial charge in [-0.1, -0.05) is 207 Å².